The summed E-state index contributed by atoms with van der Waals surface area (Å²) in [4.78, 5) is 13.3. The molecular formula is C22H38O2. The van der Waals surface area contributed by atoms with E-state index in [1.807, 2.05) is 0 Å². The lowest BCUT2D eigenvalue weighted by Crippen LogP contribution is -2.60. The largest absolute Gasteiger partial charge is 0.458 e. The Labute approximate surface area is 149 Å². The van der Waals surface area contributed by atoms with Gasteiger partial charge in [0.2, 0.25) is 0 Å². The van der Waals surface area contributed by atoms with Crippen molar-refractivity contribution in [1.29, 1.82) is 0 Å². The minimum absolute atomic E-state index is 0.0115. The topological polar surface area (TPSA) is 26.3 Å². The van der Waals surface area contributed by atoms with Crippen LogP contribution in [-0.4, -0.2) is 11.6 Å². The van der Waals surface area contributed by atoms with Gasteiger partial charge in [-0.25, -0.2) is 0 Å². The lowest BCUT2D eigenvalue weighted by molar-refractivity contribution is -0.219. The quantitative estimate of drug-likeness (QED) is 0.606. The molecule has 4 aliphatic rings. The molecule has 4 fully saturated rings. The van der Waals surface area contributed by atoms with Crippen LogP contribution in [0.15, 0.2) is 0 Å². The molecule has 4 bridgehead atoms. The van der Waals surface area contributed by atoms with Crippen molar-refractivity contribution in [3.8, 4) is 0 Å². The van der Waals surface area contributed by atoms with E-state index < -0.39 is 5.41 Å². The Morgan fingerprint density at radius 2 is 1.25 bits per heavy atom. The molecule has 0 spiro atoms. The van der Waals surface area contributed by atoms with Crippen LogP contribution in [0.1, 0.15) is 87.5 Å². The highest BCUT2D eigenvalue weighted by Crippen LogP contribution is 2.60. The molecule has 4 saturated carbocycles. The van der Waals surface area contributed by atoms with E-state index in [-0.39, 0.29) is 22.4 Å². The second kappa shape index (κ2) is 5.24. The molecule has 2 nitrogen and oxygen atoms in total. The van der Waals surface area contributed by atoms with E-state index in [0.29, 0.717) is 11.8 Å². The maximum atomic E-state index is 13.3. The second-order valence-electron chi connectivity index (χ2n) is 11.4. The smallest absolute Gasteiger partial charge is 0.312 e. The minimum atomic E-state index is -0.497. The maximum Gasteiger partial charge on any atom is 0.312 e. The van der Waals surface area contributed by atoms with Crippen molar-refractivity contribution in [1.82, 2.24) is 0 Å². The van der Waals surface area contributed by atoms with Gasteiger partial charge in [0.1, 0.15) is 5.60 Å². The van der Waals surface area contributed by atoms with Crippen molar-refractivity contribution in [3.63, 3.8) is 0 Å². The molecule has 0 heterocycles. The highest BCUT2D eigenvalue weighted by atomic mass is 16.6. The monoisotopic (exact) mass is 334 g/mol. The van der Waals surface area contributed by atoms with E-state index in [1.54, 1.807) is 0 Å². The van der Waals surface area contributed by atoms with E-state index in [4.69, 9.17) is 4.74 Å². The summed E-state index contributed by atoms with van der Waals surface area (Å²) in [6.07, 6.45) is 6.54. The summed E-state index contributed by atoms with van der Waals surface area (Å²) in [5.41, 5.74) is -0.821. The molecule has 0 unspecified atom stereocenters. The summed E-state index contributed by atoms with van der Waals surface area (Å²) in [5, 5.41) is 0. The van der Waals surface area contributed by atoms with Gasteiger partial charge in [-0.3, -0.25) is 4.79 Å². The highest BCUT2D eigenvalue weighted by molar-refractivity contribution is 5.77. The van der Waals surface area contributed by atoms with Gasteiger partial charge in [-0.1, -0.05) is 34.6 Å². The number of hydrogen-bond donors (Lipinski definition) is 0. The number of carbonyl (C=O) groups is 1. The zero-order valence-corrected chi connectivity index (χ0v) is 17.2. The van der Waals surface area contributed by atoms with E-state index in [2.05, 4.69) is 55.4 Å². The molecule has 0 aromatic heterocycles. The first-order valence-electron chi connectivity index (χ1n) is 10.0. The zero-order valence-electron chi connectivity index (χ0n) is 17.2. The van der Waals surface area contributed by atoms with Gasteiger partial charge >= 0.3 is 5.97 Å². The summed E-state index contributed by atoms with van der Waals surface area (Å²) < 4.78 is 6.42. The average molecular weight is 335 g/mol. The first-order valence-corrected chi connectivity index (χ1v) is 10.0. The third kappa shape index (κ3) is 2.46. The van der Waals surface area contributed by atoms with Gasteiger partial charge in [0.05, 0.1) is 5.41 Å². The Hall–Kier alpha value is -0.530. The zero-order chi connectivity index (χ0) is 18.1. The van der Waals surface area contributed by atoms with Gasteiger partial charge in [0.25, 0.3) is 0 Å². The molecule has 4 rings (SSSR count). The summed E-state index contributed by atoms with van der Waals surface area (Å²) in [7, 11) is 0. The van der Waals surface area contributed by atoms with Gasteiger partial charge in [0, 0.05) is 0 Å². The molecule has 0 aromatic carbocycles. The van der Waals surface area contributed by atoms with Crippen molar-refractivity contribution in [2.24, 2.45) is 39.9 Å². The van der Waals surface area contributed by atoms with Gasteiger partial charge in [-0.15, -0.1) is 0 Å². The molecule has 0 aliphatic heterocycles. The van der Waals surface area contributed by atoms with Gasteiger partial charge < -0.3 is 4.74 Å². The first-order chi connectivity index (χ1) is 10.8. The van der Waals surface area contributed by atoms with E-state index >= 15 is 0 Å². The van der Waals surface area contributed by atoms with Crippen LogP contribution in [0.4, 0.5) is 0 Å². The fourth-order valence-electron chi connectivity index (χ4n) is 5.81. The Balaban J connectivity index is 1.82. The molecule has 0 radical (unpaired) electrons. The van der Waals surface area contributed by atoms with Crippen molar-refractivity contribution in [3.05, 3.63) is 0 Å². The molecule has 0 N–H and O–H groups in total. The summed E-state index contributed by atoms with van der Waals surface area (Å²) in [6, 6.07) is 0. The molecular weight excluding hydrogens is 296 g/mol. The van der Waals surface area contributed by atoms with Gasteiger partial charge in [-0.05, 0) is 87.4 Å². The van der Waals surface area contributed by atoms with Crippen molar-refractivity contribution in [2.75, 3.05) is 0 Å². The molecule has 2 heteroatoms. The Morgan fingerprint density at radius 3 is 1.62 bits per heavy atom. The normalized spacial score (nSPS) is 39.2. The maximum absolute atomic E-state index is 13.3. The van der Waals surface area contributed by atoms with Crippen molar-refractivity contribution >= 4 is 5.97 Å². The Kier molecular flexibility index (Phi) is 3.99. The molecule has 0 saturated heterocycles. The van der Waals surface area contributed by atoms with Crippen LogP contribution in [0, 0.1) is 39.9 Å². The van der Waals surface area contributed by atoms with E-state index in [0.717, 1.165) is 11.8 Å². The number of carbonyl (C=O) groups excluding carboxylic acids is 1. The predicted octanol–water partition coefficient (Wildman–Crippen LogP) is 5.84. The SMILES string of the molecule is CC1(OC(=O)C(C)(C)C(C)(C)C(C)(C)C)C2CC3CC(C2)CC1C3. The molecule has 4 aliphatic carbocycles. The summed E-state index contributed by atoms with van der Waals surface area (Å²) >= 11 is 0. The van der Waals surface area contributed by atoms with Crippen LogP contribution in [-0.2, 0) is 9.53 Å². The number of esters is 1. The van der Waals surface area contributed by atoms with Crippen LogP contribution in [0.5, 0.6) is 0 Å². The molecule has 0 atom stereocenters. The van der Waals surface area contributed by atoms with Crippen LogP contribution in [0.25, 0.3) is 0 Å². The van der Waals surface area contributed by atoms with Crippen LogP contribution < -0.4 is 0 Å². The van der Waals surface area contributed by atoms with Crippen molar-refractivity contribution < 1.29 is 9.53 Å². The number of rotatable bonds is 3. The molecule has 0 aromatic rings. The van der Waals surface area contributed by atoms with Crippen LogP contribution in [0.3, 0.4) is 0 Å². The lowest BCUT2D eigenvalue weighted by atomic mass is 9.50. The van der Waals surface area contributed by atoms with Crippen molar-refractivity contribution in [2.45, 2.75) is 93.1 Å². The standard InChI is InChI=1S/C22H38O2/c1-19(2,3)21(6,7)20(4,5)18(23)24-22(8)16-10-14-9-15(12-16)13-17(22)11-14/h14-17H,9-13H2,1-8H3. The molecule has 138 valence electrons. The van der Waals surface area contributed by atoms with E-state index in [9.17, 15) is 4.79 Å². The third-order valence-corrected chi connectivity index (χ3v) is 9.02. The fraction of sp³-hybridized carbons (Fsp3) is 0.955. The highest BCUT2D eigenvalue weighted by Gasteiger charge is 2.59. The Morgan fingerprint density at radius 1 is 0.833 bits per heavy atom. The molecule has 24 heavy (non-hydrogen) atoms. The third-order valence-electron chi connectivity index (χ3n) is 9.02. The molecule has 0 amide bonds. The van der Waals surface area contributed by atoms with Gasteiger partial charge in [-0.2, -0.15) is 0 Å². The fourth-order valence-corrected chi connectivity index (χ4v) is 5.81. The lowest BCUT2D eigenvalue weighted by Gasteiger charge is -2.60. The summed E-state index contributed by atoms with van der Waals surface area (Å²) in [5.74, 6) is 2.99. The van der Waals surface area contributed by atoms with Crippen LogP contribution in [0.2, 0.25) is 0 Å². The van der Waals surface area contributed by atoms with Crippen LogP contribution >= 0.6 is 0 Å². The van der Waals surface area contributed by atoms with E-state index in [1.165, 1.54) is 32.1 Å². The number of hydrogen-bond acceptors (Lipinski definition) is 2. The number of ether oxygens (including phenoxy) is 1. The minimum Gasteiger partial charge on any atom is -0.458 e. The predicted molar refractivity (Wildman–Crippen MR) is 98.6 cm³/mol. The average Bonchev–Trinajstić information content (AvgIpc) is 2.42. The first kappa shape index (κ1) is 18.3. The summed E-state index contributed by atoms with van der Waals surface area (Å²) in [6.45, 7) is 17.5. The van der Waals surface area contributed by atoms with Gasteiger partial charge in [0.15, 0.2) is 0 Å². The second-order valence-corrected chi connectivity index (χ2v) is 11.4. The Bertz CT molecular complexity index is 493.